The molecule has 0 radical (unpaired) electrons. The predicted octanol–water partition coefficient (Wildman–Crippen LogP) is 2.85. The molecule has 92 valence electrons. The number of nitrogens with one attached hydrogen (secondary N) is 2. The largest absolute Gasteiger partial charge is 0.324 e. The normalized spacial score (nSPS) is 19.9. The first kappa shape index (κ1) is 12.1. The van der Waals surface area contributed by atoms with Gasteiger partial charge in [0.1, 0.15) is 6.04 Å². The van der Waals surface area contributed by atoms with Gasteiger partial charge in [0.05, 0.1) is 0 Å². The number of hydrogen-bond donors (Lipinski definition) is 2. The maximum absolute atomic E-state index is 11.9. The lowest BCUT2D eigenvalue weighted by Gasteiger charge is -2.20. The number of anilines is 1. The molecule has 1 amide bonds. The Bertz CT molecular complexity index is 403. The number of hydrogen-bond acceptors (Lipinski definition) is 2. The van der Waals surface area contributed by atoms with Crippen LogP contribution in [-0.4, -0.2) is 11.9 Å². The molecule has 1 aliphatic rings. The van der Waals surface area contributed by atoms with Gasteiger partial charge in [0, 0.05) is 17.3 Å². The van der Waals surface area contributed by atoms with Crippen LogP contribution in [0.25, 0.3) is 0 Å². The van der Waals surface area contributed by atoms with Crippen molar-refractivity contribution in [2.45, 2.75) is 45.2 Å². The Balaban J connectivity index is 2.13. The number of rotatable bonds is 5. The predicted molar refractivity (Wildman–Crippen MR) is 69.9 cm³/mol. The van der Waals surface area contributed by atoms with Crippen LogP contribution < -0.4 is 10.6 Å². The van der Waals surface area contributed by atoms with Crippen molar-refractivity contribution in [1.29, 1.82) is 0 Å². The molecule has 2 N–H and O–H groups in total. The molecule has 2 atom stereocenters. The van der Waals surface area contributed by atoms with E-state index < -0.39 is 0 Å². The van der Waals surface area contributed by atoms with Gasteiger partial charge in [-0.3, -0.25) is 10.1 Å². The summed E-state index contributed by atoms with van der Waals surface area (Å²) in [6.45, 7) is 4.33. The third kappa shape index (κ3) is 2.50. The van der Waals surface area contributed by atoms with Crippen molar-refractivity contribution >= 4 is 11.6 Å². The fraction of sp³-hybridized carbons (Fsp3) is 0.500. The van der Waals surface area contributed by atoms with Gasteiger partial charge in [-0.15, -0.1) is 0 Å². The monoisotopic (exact) mass is 232 g/mol. The molecule has 2 unspecified atom stereocenters. The molecular weight excluding hydrogens is 212 g/mol. The zero-order chi connectivity index (χ0) is 12.3. The van der Waals surface area contributed by atoms with E-state index in [1.54, 1.807) is 0 Å². The van der Waals surface area contributed by atoms with E-state index in [-0.39, 0.29) is 11.9 Å². The third-order valence-electron chi connectivity index (χ3n) is 3.32. The summed E-state index contributed by atoms with van der Waals surface area (Å²) in [5.41, 5.74) is 2.02. The van der Waals surface area contributed by atoms with Crippen LogP contribution in [0.2, 0.25) is 0 Å². The smallest absolute Gasteiger partial charge is 0.246 e. The van der Waals surface area contributed by atoms with Crippen LogP contribution in [0.1, 0.15) is 44.7 Å². The summed E-state index contributed by atoms with van der Waals surface area (Å²) >= 11 is 0. The molecule has 1 aliphatic heterocycles. The van der Waals surface area contributed by atoms with Crippen LogP contribution >= 0.6 is 0 Å². The zero-order valence-corrected chi connectivity index (χ0v) is 10.5. The summed E-state index contributed by atoms with van der Waals surface area (Å²) in [6.07, 6.45) is 3.31. The molecule has 0 aromatic heterocycles. The van der Waals surface area contributed by atoms with Crippen molar-refractivity contribution in [1.82, 2.24) is 5.32 Å². The summed E-state index contributed by atoms with van der Waals surface area (Å²) in [6, 6.07) is 8.14. The summed E-state index contributed by atoms with van der Waals surface area (Å²) in [5, 5.41) is 6.38. The average Bonchev–Trinajstić information content (AvgIpc) is 2.65. The van der Waals surface area contributed by atoms with E-state index in [0.29, 0.717) is 6.04 Å². The Morgan fingerprint density at radius 1 is 1.35 bits per heavy atom. The maximum atomic E-state index is 11.9. The molecule has 0 fully saturated rings. The molecule has 2 rings (SSSR count). The van der Waals surface area contributed by atoms with Crippen molar-refractivity contribution < 1.29 is 4.79 Å². The Hall–Kier alpha value is -1.35. The summed E-state index contributed by atoms with van der Waals surface area (Å²) < 4.78 is 0. The highest BCUT2D eigenvalue weighted by Gasteiger charge is 2.30. The third-order valence-corrected chi connectivity index (χ3v) is 3.32. The van der Waals surface area contributed by atoms with E-state index in [2.05, 4.69) is 24.5 Å². The fourth-order valence-electron chi connectivity index (χ4n) is 2.36. The van der Waals surface area contributed by atoms with Crippen LogP contribution in [0.5, 0.6) is 0 Å². The molecule has 1 aromatic rings. The number of amides is 1. The second kappa shape index (κ2) is 5.32. The molecule has 1 heterocycles. The van der Waals surface area contributed by atoms with Crippen LogP contribution in [0.3, 0.4) is 0 Å². The van der Waals surface area contributed by atoms with Gasteiger partial charge in [0.25, 0.3) is 0 Å². The van der Waals surface area contributed by atoms with Gasteiger partial charge in [-0.2, -0.15) is 0 Å². The lowest BCUT2D eigenvalue weighted by molar-refractivity contribution is -0.117. The van der Waals surface area contributed by atoms with Gasteiger partial charge in [-0.25, -0.2) is 0 Å². The average molecular weight is 232 g/mol. The van der Waals surface area contributed by atoms with E-state index in [9.17, 15) is 4.79 Å². The first-order valence-corrected chi connectivity index (χ1v) is 6.42. The minimum Gasteiger partial charge on any atom is -0.324 e. The Kier molecular flexibility index (Phi) is 3.79. The number of fused-ring (bicyclic) bond motifs is 1. The SMILES string of the molecule is CCCC(CC)NC1C(=O)Nc2ccccc21. The maximum Gasteiger partial charge on any atom is 0.246 e. The molecule has 17 heavy (non-hydrogen) atoms. The van der Waals surface area contributed by atoms with E-state index >= 15 is 0 Å². The quantitative estimate of drug-likeness (QED) is 0.819. The minimum absolute atomic E-state index is 0.0701. The molecule has 3 heteroatoms. The fourth-order valence-corrected chi connectivity index (χ4v) is 2.36. The zero-order valence-electron chi connectivity index (χ0n) is 10.5. The van der Waals surface area contributed by atoms with E-state index in [1.165, 1.54) is 0 Å². The molecule has 0 saturated carbocycles. The van der Waals surface area contributed by atoms with Gasteiger partial charge in [-0.1, -0.05) is 38.5 Å². The van der Waals surface area contributed by atoms with Crippen LogP contribution in [0, 0.1) is 0 Å². The van der Waals surface area contributed by atoms with Gasteiger partial charge >= 0.3 is 0 Å². The van der Waals surface area contributed by atoms with Crippen LogP contribution in [0.15, 0.2) is 24.3 Å². The lowest BCUT2D eigenvalue weighted by Crippen LogP contribution is -2.35. The van der Waals surface area contributed by atoms with E-state index in [4.69, 9.17) is 0 Å². The van der Waals surface area contributed by atoms with Crippen molar-refractivity contribution in [2.24, 2.45) is 0 Å². The van der Waals surface area contributed by atoms with Crippen LogP contribution in [-0.2, 0) is 4.79 Å². The first-order valence-electron chi connectivity index (χ1n) is 6.42. The highest BCUT2D eigenvalue weighted by atomic mass is 16.2. The Morgan fingerprint density at radius 3 is 2.82 bits per heavy atom. The van der Waals surface area contributed by atoms with Crippen molar-refractivity contribution in [2.75, 3.05) is 5.32 Å². The first-order chi connectivity index (χ1) is 8.26. The standard InChI is InChI=1S/C14H20N2O/c1-3-7-10(4-2)15-13-11-8-5-6-9-12(11)16-14(13)17/h5-6,8-10,13,15H,3-4,7H2,1-2H3,(H,16,17). The lowest BCUT2D eigenvalue weighted by atomic mass is 10.0. The number of carbonyl (C=O) groups excluding carboxylic acids is 1. The highest BCUT2D eigenvalue weighted by Crippen LogP contribution is 2.30. The molecule has 0 saturated heterocycles. The molecule has 3 nitrogen and oxygen atoms in total. The Morgan fingerprint density at radius 2 is 2.12 bits per heavy atom. The molecule has 0 spiro atoms. The van der Waals surface area contributed by atoms with Gasteiger partial charge in [0.15, 0.2) is 0 Å². The van der Waals surface area contributed by atoms with E-state index in [1.807, 2.05) is 24.3 Å². The number of carbonyl (C=O) groups is 1. The molecular formula is C14H20N2O. The minimum atomic E-state index is -0.178. The van der Waals surface area contributed by atoms with Crippen molar-refractivity contribution in [3.05, 3.63) is 29.8 Å². The van der Waals surface area contributed by atoms with Gasteiger partial charge < -0.3 is 5.32 Å². The van der Waals surface area contributed by atoms with Gasteiger partial charge in [-0.05, 0) is 18.9 Å². The van der Waals surface area contributed by atoms with Gasteiger partial charge in [0.2, 0.25) is 5.91 Å². The van der Waals surface area contributed by atoms with Crippen LogP contribution in [0.4, 0.5) is 5.69 Å². The molecule has 1 aromatic carbocycles. The van der Waals surface area contributed by atoms with E-state index in [0.717, 1.165) is 30.5 Å². The summed E-state index contributed by atoms with van der Waals surface area (Å²) in [5.74, 6) is 0.0701. The summed E-state index contributed by atoms with van der Waals surface area (Å²) in [4.78, 5) is 11.9. The Labute approximate surface area is 103 Å². The number of para-hydroxylation sites is 1. The second-order valence-electron chi connectivity index (χ2n) is 4.57. The summed E-state index contributed by atoms with van der Waals surface area (Å²) in [7, 11) is 0. The van der Waals surface area contributed by atoms with Crippen molar-refractivity contribution in [3.63, 3.8) is 0 Å². The second-order valence-corrected chi connectivity index (χ2v) is 4.57. The molecule has 0 aliphatic carbocycles. The molecule has 0 bridgehead atoms. The number of benzene rings is 1. The topological polar surface area (TPSA) is 41.1 Å². The van der Waals surface area contributed by atoms with Crippen molar-refractivity contribution in [3.8, 4) is 0 Å². The highest BCUT2D eigenvalue weighted by molar-refractivity contribution is 6.02.